The van der Waals surface area contributed by atoms with E-state index in [1.807, 2.05) is 30.3 Å². The topological polar surface area (TPSA) is 66.0 Å². The quantitative estimate of drug-likeness (QED) is 0.622. The molecule has 0 radical (unpaired) electrons. The van der Waals surface area contributed by atoms with Crippen LogP contribution in [-0.4, -0.2) is 25.3 Å². The SMILES string of the molecule is COc1cc(/C=C2/OC(=S)NC2=O)c(OCc2ccccc2)cc1OC. The lowest BCUT2D eigenvalue weighted by Crippen LogP contribution is -2.18. The summed E-state index contributed by atoms with van der Waals surface area (Å²) >= 11 is 4.85. The first-order chi connectivity index (χ1) is 12.6. The summed E-state index contributed by atoms with van der Waals surface area (Å²) in [4.78, 5) is 11.9. The first-order valence-corrected chi connectivity index (χ1v) is 8.19. The molecule has 7 heteroatoms. The zero-order valence-electron chi connectivity index (χ0n) is 14.3. The van der Waals surface area contributed by atoms with Crippen molar-refractivity contribution >= 4 is 29.4 Å². The number of carbonyl (C=O) groups is 1. The van der Waals surface area contributed by atoms with Gasteiger partial charge in [-0.25, -0.2) is 0 Å². The average Bonchev–Trinajstić information content (AvgIpc) is 2.98. The highest BCUT2D eigenvalue weighted by Crippen LogP contribution is 2.36. The number of nitrogens with one attached hydrogen (secondary N) is 1. The van der Waals surface area contributed by atoms with Crippen molar-refractivity contribution in [2.24, 2.45) is 0 Å². The van der Waals surface area contributed by atoms with Crippen LogP contribution in [0.5, 0.6) is 17.2 Å². The number of benzene rings is 2. The summed E-state index contributed by atoms with van der Waals surface area (Å²) < 4.78 is 21.8. The molecule has 1 aliphatic rings. The van der Waals surface area contributed by atoms with Gasteiger partial charge in [-0.3, -0.25) is 10.1 Å². The number of hydrogen-bond acceptors (Lipinski definition) is 6. The third-order valence-electron chi connectivity index (χ3n) is 3.68. The Kier molecular flexibility index (Phi) is 5.38. The van der Waals surface area contributed by atoms with Gasteiger partial charge in [-0.05, 0) is 29.9 Å². The smallest absolute Gasteiger partial charge is 0.294 e. The van der Waals surface area contributed by atoms with Crippen LogP contribution in [0, 0.1) is 0 Å². The molecule has 1 amide bonds. The predicted octanol–water partition coefficient (Wildman–Crippen LogP) is 3.06. The van der Waals surface area contributed by atoms with E-state index in [0.717, 1.165) is 5.56 Å². The minimum absolute atomic E-state index is 0.0217. The molecule has 1 heterocycles. The number of hydrogen-bond donors (Lipinski definition) is 1. The lowest BCUT2D eigenvalue weighted by molar-refractivity contribution is -0.116. The number of thiocarbonyl (C=S) groups is 1. The Balaban J connectivity index is 1.96. The molecule has 0 aliphatic carbocycles. The zero-order chi connectivity index (χ0) is 18.5. The molecule has 0 bridgehead atoms. The Morgan fingerprint density at radius 2 is 1.77 bits per heavy atom. The van der Waals surface area contributed by atoms with Crippen molar-refractivity contribution in [2.75, 3.05) is 14.2 Å². The maximum absolute atomic E-state index is 11.9. The maximum atomic E-state index is 11.9. The highest BCUT2D eigenvalue weighted by molar-refractivity contribution is 7.80. The first kappa shape index (κ1) is 17.8. The lowest BCUT2D eigenvalue weighted by atomic mass is 10.1. The van der Waals surface area contributed by atoms with Crippen LogP contribution in [0.25, 0.3) is 6.08 Å². The van der Waals surface area contributed by atoms with Crippen molar-refractivity contribution in [1.29, 1.82) is 0 Å². The molecule has 1 saturated heterocycles. The highest BCUT2D eigenvalue weighted by atomic mass is 32.1. The van der Waals surface area contributed by atoms with Crippen LogP contribution in [0.1, 0.15) is 11.1 Å². The van der Waals surface area contributed by atoms with E-state index in [9.17, 15) is 4.79 Å². The second-order valence-corrected chi connectivity index (χ2v) is 5.74. The van der Waals surface area contributed by atoms with Gasteiger partial charge in [-0.15, -0.1) is 0 Å². The van der Waals surface area contributed by atoms with Crippen LogP contribution in [0.15, 0.2) is 48.2 Å². The molecular weight excluding hydrogens is 354 g/mol. The molecule has 0 spiro atoms. The summed E-state index contributed by atoms with van der Waals surface area (Å²) in [6.45, 7) is 0.359. The van der Waals surface area contributed by atoms with Crippen molar-refractivity contribution in [1.82, 2.24) is 5.32 Å². The summed E-state index contributed by atoms with van der Waals surface area (Å²) in [5.41, 5.74) is 1.62. The van der Waals surface area contributed by atoms with Crippen molar-refractivity contribution in [3.05, 3.63) is 59.4 Å². The molecule has 26 heavy (non-hydrogen) atoms. The van der Waals surface area contributed by atoms with Gasteiger partial charge >= 0.3 is 0 Å². The van der Waals surface area contributed by atoms with Gasteiger partial charge in [0.25, 0.3) is 11.1 Å². The van der Waals surface area contributed by atoms with Crippen LogP contribution < -0.4 is 19.5 Å². The Morgan fingerprint density at radius 3 is 2.38 bits per heavy atom. The molecule has 1 fully saturated rings. The monoisotopic (exact) mass is 371 g/mol. The number of ether oxygens (including phenoxy) is 4. The summed E-state index contributed by atoms with van der Waals surface area (Å²) in [5, 5.41) is 2.44. The molecule has 2 aromatic rings. The van der Waals surface area contributed by atoms with Gasteiger partial charge in [0.15, 0.2) is 17.3 Å². The minimum atomic E-state index is -0.404. The van der Waals surface area contributed by atoms with Crippen LogP contribution in [0.4, 0.5) is 0 Å². The molecule has 3 rings (SSSR count). The van der Waals surface area contributed by atoms with E-state index in [4.69, 9.17) is 31.2 Å². The second kappa shape index (κ2) is 7.88. The van der Waals surface area contributed by atoms with Crippen molar-refractivity contribution < 1.29 is 23.7 Å². The van der Waals surface area contributed by atoms with Gasteiger partial charge in [-0.1, -0.05) is 30.3 Å². The summed E-state index contributed by atoms with van der Waals surface area (Å²) in [5.74, 6) is 1.23. The molecule has 2 aromatic carbocycles. The molecule has 0 atom stereocenters. The molecule has 134 valence electrons. The summed E-state index contributed by atoms with van der Waals surface area (Å²) in [6, 6.07) is 13.2. The Labute approximate surface area is 156 Å². The largest absolute Gasteiger partial charge is 0.493 e. The lowest BCUT2D eigenvalue weighted by Gasteiger charge is -2.14. The average molecular weight is 371 g/mol. The molecular formula is C19H17NO5S. The van der Waals surface area contributed by atoms with Crippen LogP contribution in [-0.2, 0) is 16.1 Å². The van der Waals surface area contributed by atoms with Gasteiger partial charge in [0.2, 0.25) is 0 Å². The van der Waals surface area contributed by atoms with Gasteiger partial charge in [-0.2, -0.15) is 0 Å². The molecule has 0 aromatic heterocycles. The number of amides is 1. The van der Waals surface area contributed by atoms with E-state index in [-0.39, 0.29) is 10.9 Å². The van der Waals surface area contributed by atoms with E-state index in [0.29, 0.717) is 29.4 Å². The number of rotatable bonds is 6. The van der Waals surface area contributed by atoms with Gasteiger partial charge in [0.1, 0.15) is 12.4 Å². The van der Waals surface area contributed by atoms with E-state index in [2.05, 4.69) is 5.32 Å². The third kappa shape index (κ3) is 3.94. The Hall–Kier alpha value is -3.06. The fourth-order valence-electron chi connectivity index (χ4n) is 2.41. The van der Waals surface area contributed by atoms with Crippen LogP contribution in [0.2, 0.25) is 0 Å². The first-order valence-electron chi connectivity index (χ1n) is 7.78. The summed E-state index contributed by atoms with van der Waals surface area (Å²) in [7, 11) is 3.08. The molecule has 0 saturated carbocycles. The van der Waals surface area contributed by atoms with Crippen molar-refractivity contribution in [3.63, 3.8) is 0 Å². The van der Waals surface area contributed by atoms with Gasteiger partial charge < -0.3 is 18.9 Å². The van der Waals surface area contributed by atoms with Crippen molar-refractivity contribution in [3.8, 4) is 17.2 Å². The standard InChI is InChI=1S/C19H17NO5S/c1-22-15-8-13(9-17-18(21)20-19(26)25-17)14(10-16(15)23-2)24-11-12-6-4-3-5-7-12/h3-10H,11H2,1-2H3,(H,20,21,26)/b17-9+. The second-order valence-electron chi connectivity index (χ2n) is 5.37. The normalized spacial score (nSPS) is 14.8. The van der Waals surface area contributed by atoms with E-state index in [1.165, 1.54) is 7.11 Å². The third-order valence-corrected chi connectivity index (χ3v) is 3.87. The fraction of sp³-hybridized carbons (Fsp3) is 0.158. The van der Waals surface area contributed by atoms with Crippen LogP contribution in [0.3, 0.4) is 0 Å². The molecule has 1 N–H and O–H groups in total. The predicted molar refractivity (Wildman–Crippen MR) is 100 cm³/mol. The highest BCUT2D eigenvalue weighted by Gasteiger charge is 2.24. The summed E-state index contributed by atoms with van der Waals surface area (Å²) in [6.07, 6.45) is 1.55. The fourth-order valence-corrected chi connectivity index (χ4v) is 2.59. The molecule has 0 unspecified atom stereocenters. The van der Waals surface area contributed by atoms with Gasteiger partial charge in [0.05, 0.1) is 14.2 Å². The van der Waals surface area contributed by atoms with Crippen molar-refractivity contribution in [2.45, 2.75) is 6.61 Å². The van der Waals surface area contributed by atoms with E-state index < -0.39 is 5.91 Å². The number of carbonyl (C=O) groups excluding carboxylic acids is 1. The van der Waals surface area contributed by atoms with Crippen LogP contribution >= 0.6 is 12.2 Å². The Bertz CT molecular complexity index is 864. The maximum Gasteiger partial charge on any atom is 0.294 e. The molecule has 1 aliphatic heterocycles. The van der Waals surface area contributed by atoms with E-state index in [1.54, 1.807) is 25.3 Å². The Morgan fingerprint density at radius 1 is 1.08 bits per heavy atom. The minimum Gasteiger partial charge on any atom is -0.493 e. The zero-order valence-corrected chi connectivity index (χ0v) is 15.1. The molecule has 6 nitrogen and oxygen atoms in total. The van der Waals surface area contributed by atoms with Gasteiger partial charge in [0, 0.05) is 11.6 Å². The van der Waals surface area contributed by atoms with E-state index >= 15 is 0 Å². The number of methoxy groups -OCH3 is 2.